The molecule has 1 rings (SSSR count). The zero-order valence-electron chi connectivity index (χ0n) is 10.3. The van der Waals surface area contributed by atoms with Crippen LogP contribution in [0.3, 0.4) is 0 Å². The first kappa shape index (κ1) is 12.9. The minimum atomic E-state index is -0.254. The molecule has 0 aromatic rings. The number of rotatable bonds is 5. The zero-order valence-corrected chi connectivity index (χ0v) is 10.3. The van der Waals surface area contributed by atoms with Crippen LogP contribution in [0.2, 0.25) is 0 Å². The van der Waals surface area contributed by atoms with Crippen LogP contribution in [0, 0.1) is 0 Å². The highest BCUT2D eigenvalue weighted by atomic mass is 16.5. The fourth-order valence-electron chi connectivity index (χ4n) is 2.05. The molecule has 90 valence electrons. The third kappa shape index (κ3) is 4.96. The highest BCUT2D eigenvalue weighted by molar-refractivity contribution is 4.73. The number of hydrogen-bond acceptors (Lipinski definition) is 3. The van der Waals surface area contributed by atoms with Crippen LogP contribution in [0.25, 0.3) is 0 Å². The molecule has 2 atom stereocenters. The van der Waals surface area contributed by atoms with Gasteiger partial charge in [-0.25, -0.2) is 0 Å². The van der Waals surface area contributed by atoms with Gasteiger partial charge in [-0.05, 0) is 40.0 Å². The third-order valence-corrected chi connectivity index (χ3v) is 2.94. The van der Waals surface area contributed by atoms with E-state index in [4.69, 9.17) is 4.74 Å². The molecule has 0 bridgehead atoms. The molecule has 1 aliphatic heterocycles. The molecule has 0 amide bonds. The molecule has 0 aliphatic carbocycles. The lowest BCUT2D eigenvalue weighted by molar-refractivity contribution is -0.0187. The Kier molecular flexibility index (Phi) is 5.58. The van der Waals surface area contributed by atoms with Gasteiger partial charge in [0.25, 0.3) is 0 Å². The van der Waals surface area contributed by atoms with Gasteiger partial charge in [0, 0.05) is 25.7 Å². The number of nitrogens with zero attached hydrogens (tertiary/aromatic N) is 1. The Labute approximate surface area is 93.4 Å². The highest BCUT2D eigenvalue weighted by Crippen LogP contribution is 2.15. The van der Waals surface area contributed by atoms with Crippen molar-refractivity contribution in [1.29, 1.82) is 0 Å². The van der Waals surface area contributed by atoms with Gasteiger partial charge in [0.05, 0.1) is 12.2 Å². The summed E-state index contributed by atoms with van der Waals surface area (Å²) >= 11 is 0. The molecule has 1 fully saturated rings. The molecular weight excluding hydrogens is 190 g/mol. The van der Waals surface area contributed by atoms with E-state index in [1.54, 1.807) is 0 Å². The van der Waals surface area contributed by atoms with Crippen molar-refractivity contribution in [3.05, 3.63) is 0 Å². The van der Waals surface area contributed by atoms with Crippen molar-refractivity contribution in [3.63, 3.8) is 0 Å². The number of hydrogen-bond donors (Lipinski definition) is 1. The average Bonchev–Trinajstić information content (AvgIpc) is 2.17. The lowest BCUT2D eigenvalue weighted by Gasteiger charge is -2.33. The highest BCUT2D eigenvalue weighted by Gasteiger charge is 2.20. The van der Waals surface area contributed by atoms with Crippen LogP contribution >= 0.6 is 0 Å². The van der Waals surface area contributed by atoms with E-state index in [0.717, 1.165) is 19.7 Å². The first-order chi connectivity index (χ1) is 7.09. The second-order valence-corrected chi connectivity index (χ2v) is 4.89. The molecule has 3 heteroatoms. The second-order valence-electron chi connectivity index (χ2n) is 4.89. The Morgan fingerprint density at radius 3 is 2.53 bits per heavy atom. The normalized spacial score (nSPS) is 24.8. The first-order valence-electron chi connectivity index (χ1n) is 6.13. The van der Waals surface area contributed by atoms with Crippen LogP contribution in [0.15, 0.2) is 0 Å². The summed E-state index contributed by atoms with van der Waals surface area (Å²) in [6, 6.07) is 0.477. The monoisotopic (exact) mass is 215 g/mol. The van der Waals surface area contributed by atoms with Gasteiger partial charge < -0.3 is 9.84 Å². The minimum absolute atomic E-state index is 0.254. The fourth-order valence-corrected chi connectivity index (χ4v) is 2.05. The molecule has 0 aromatic heterocycles. The van der Waals surface area contributed by atoms with Gasteiger partial charge in [0.15, 0.2) is 0 Å². The van der Waals surface area contributed by atoms with Crippen molar-refractivity contribution in [3.8, 4) is 0 Å². The standard InChI is InChI=1S/C12H25NO2/c1-10(2)13(8-11(3)14)9-12-6-4-5-7-15-12/h10-12,14H,4-9H2,1-3H3. The van der Waals surface area contributed by atoms with Gasteiger partial charge in [0.2, 0.25) is 0 Å². The maximum atomic E-state index is 9.42. The Bertz CT molecular complexity index is 165. The van der Waals surface area contributed by atoms with Crippen molar-refractivity contribution >= 4 is 0 Å². The van der Waals surface area contributed by atoms with Gasteiger partial charge in [-0.15, -0.1) is 0 Å². The molecule has 1 aliphatic rings. The summed E-state index contributed by atoms with van der Waals surface area (Å²) in [7, 11) is 0. The summed E-state index contributed by atoms with van der Waals surface area (Å²) in [5, 5.41) is 9.42. The number of aliphatic hydroxyl groups excluding tert-OH is 1. The lowest BCUT2D eigenvalue weighted by atomic mass is 10.1. The molecule has 1 saturated heterocycles. The van der Waals surface area contributed by atoms with Crippen LogP contribution in [0.5, 0.6) is 0 Å². The molecule has 1 heterocycles. The predicted octanol–water partition coefficient (Wildman–Crippen LogP) is 1.65. The van der Waals surface area contributed by atoms with Gasteiger partial charge in [-0.2, -0.15) is 0 Å². The lowest BCUT2D eigenvalue weighted by Crippen LogP contribution is -2.43. The van der Waals surface area contributed by atoms with E-state index in [0.29, 0.717) is 12.1 Å². The largest absolute Gasteiger partial charge is 0.392 e. The van der Waals surface area contributed by atoms with E-state index in [1.165, 1.54) is 19.3 Å². The maximum absolute atomic E-state index is 9.42. The molecule has 0 saturated carbocycles. The molecule has 3 nitrogen and oxygen atoms in total. The van der Waals surface area contributed by atoms with Gasteiger partial charge in [-0.3, -0.25) is 4.90 Å². The van der Waals surface area contributed by atoms with E-state index >= 15 is 0 Å². The Hall–Kier alpha value is -0.120. The van der Waals surface area contributed by atoms with Crippen LogP contribution < -0.4 is 0 Å². The molecule has 2 unspecified atom stereocenters. The molecule has 0 aromatic carbocycles. The van der Waals surface area contributed by atoms with Crippen molar-refractivity contribution in [1.82, 2.24) is 4.90 Å². The van der Waals surface area contributed by atoms with E-state index in [1.807, 2.05) is 6.92 Å². The van der Waals surface area contributed by atoms with Gasteiger partial charge in [0.1, 0.15) is 0 Å². The third-order valence-electron chi connectivity index (χ3n) is 2.94. The zero-order chi connectivity index (χ0) is 11.3. The van der Waals surface area contributed by atoms with Gasteiger partial charge in [-0.1, -0.05) is 0 Å². The smallest absolute Gasteiger partial charge is 0.0702 e. The maximum Gasteiger partial charge on any atom is 0.0702 e. The number of aliphatic hydroxyl groups is 1. The first-order valence-corrected chi connectivity index (χ1v) is 6.13. The summed E-state index contributed by atoms with van der Waals surface area (Å²) in [4.78, 5) is 2.31. The van der Waals surface area contributed by atoms with E-state index in [2.05, 4.69) is 18.7 Å². The van der Waals surface area contributed by atoms with Crippen molar-refractivity contribution in [2.24, 2.45) is 0 Å². The summed E-state index contributed by atoms with van der Waals surface area (Å²) in [6.07, 6.45) is 3.78. The average molecular weight is 215 g/mol. The fraction of sp³-hybridized carbons (Fsp3) is 1.00. The van der Waals surface area contributed by atoms with E-state index in [-0.39, 0.29) is 6.10 Å². The SMILES string of the molecule is CC(O)CN(CC1CCCCO1)C(C)C. The molecule has 0 radical (unpaired) electrons. The second kappa shape index (κ2) is 6.46. The Morgan fingerprint density at radius 2 is 2.07 bits per heavy atom. The van der Waals surface area contributed by atoms with Crippen LogP contribution in [-0.2, 0) is 4.74 Å². The molecule has 1 N–H and O–H groups in total. The summed E-state index contributed by atoms with van der Waals surface area (Å²) in [6.45, 7) is 8.80. The summed E-state index contributed by atoms with van der Waals surface area (Å²) in [5.41, 5.74) is 0. The summed E-state index contributed by atoms with van der Waals surface area (Å²) in [5.74, 6) is 0. The van der Waals surface area contributed by atoms with E-state index in [9.17, 15) is 5.11 Å². The summed E-state index contributed by atoms with van der Waals surface area (Å²) < 4.78 is 5.72. The topological polar surface area (TPSA) is 32.7 Å². The van der Waals surface area contributed by atoms with Crippen LogP contribution in [-0.4, -0.2) is 48.0 Å². The quantitative estimate of drug-likeness (QED) is 0.757. The molecule has 15 heavy (non-hydrogen) atoms. The Balaban J connectivity index is 2.35. The van der Waals surface area contributed by atoms with Gasteiger partial charge >= 0.3 is 0 Å². The molecular formula is C12H25NO2. The van der Waals surface area contributed by atoms with Crippen molar-refractivity contribution in [2.45, 2.75) is 58.3 Å². The molecule has 0 spiro atoms. The minimum Gasteiger partial charge on any atom is -0.392 e. The van der Waals surface area contributed by atoms with E-state index < -0.39 is 0 Å². The number of ether oxygens (including phenoxy) is 1. The predicted molar refractivity (Wildman–Crippen MR) is 62.0 cm³/mol. The Morgan fingerprint density at radius 1 is 1.33 bits per heavy atom. The van der Waals surface area contributed by atoms with Crippen molar-refractivity contribution in [2.75, 3.05) is 19.7 Å². The van der Waals surface area contributed by atoms with Crippen molar-refractivity contribution < 1.29 is 9.84 Å². The van der Waals surface area contributed by atoms with Crippen LogP contribution in [0.4, 0.5) is 0 Å². The van der Waals surface area contributed by atoms with Crippen LogP contribution in [0.1, 0.15) is 40.0 Å².